The zero-order valence-corrected chi connectivity index (χ0v) is 32.1. The maximum Gasteiger partial charge on any atom is 0.352 e. The number of benzene rings is 1. The summed E-state index contributed by atoms with van der Waals surface area (Å²) in [5, 5.41) is 46.6. The normalized spacial score (nSPS) is 17.7. The second-order valence-electron chi connectivity index (χ2n) is 11.8. The van der Waals surface area contributed by atoms with Crippen LogP contribution < -0.4 is 16.4 Å². The second-order valence-corrected chi connectivity index (χ2v) is 15.4. The molecule has 3 amide bonds. The van der Waals surface area contributed by atoms with Crippen molar-refractivity contribution in [1.82, 2.24) is 25.4 Å². The van der Waals surface area contributed by atoms with E-state index in [4.69, 9.17) is 50.5 Å². The van der Waals surface area contributed by atoms with Crippen LogP contribution in [0.15, 0.2) is 22.5 Å². The zero-order chi connectivity index (χ0) is 39.1. The Bertz CT molecular complexity index is 1840. The number of phenols is 2. The van der Waals surface area contributed by atoms with Gasteiger partial charge in [-0.3, -0.25) is 24.2 Å². The molecular weight excluding hydrogens is 801 g/mol. The third-order valence-corrected chi connectivity index (χ3v) is 11.2. The molecule has 2 aliphatic rings. The molecule has 2 aromatic rings. The smallest absolute Gasteiger partial charge is 0.352 e. The first-order valence-corrected chi connectivity index (χ1v) is 19.1. The number of nitrogen functional groups attached to an aromatic ring is 1. The van der Waals surface area contributed by atoms with Gasteiger partial charge in [0, 0.05) is 25.4 Å². The Morgan fingerprint density at radius 1 is 1.15 bits per heavy atom. The van der Waals surface area contributed by atoms with Crippen molar-refractivity contribution in [3.05, 3.63) is 43.0 Å². The van der Waals surface area contributed by atoms with Crippen molar-refractivity contribution >= 4 is 98.4 Å². The van der Waals surface area contributed by atoms with Crippen molar-refractivity contribution < 1.29 is 49.2 Å². The van der Waals surface area contributed by atoms with Gasteiger partial charge in [-0.25, -0.2) is 14.6 Å². The first-order valence-electron chi connectivity index (χ1n) is 16.1. The highest BCUT2D eigenvalue weighted by atomic mass is 35.5. The number of rotatable bonds is 18. The van der Waals surface area contributed by atoms with E-state index < -0.39 is 64.4 Å². The number of phenolic OH excluding ortho intramolecular Hbond substituents is 2. The Morgan fingerprint density at radius 2 is 1.87 bits per heavy atom. The highest BCUT2D eigenvalue weighted by Gasteiger charge is 2.54. The number of nitrogens with two attached hydrogens (primary N) is 1. The van der Waals surface area contributed by atoms with E-state index in [0.29, 0.717) is 12.1 Å². The fourth-order valence-corrected chi connectivity index (χ4v) is 8.03. The molecule has 8 N–H and O–H groups in total. The fourth-order valence-electron chi connectivity index (χ4n) is 5.34. The van der Waals surface area contributed by atoms with E-state index in [1.807, 2.05) is 4.90 Å². The predicted octanol–water partition coefficient (Wildman–Crippen LogP) is 3.34. The van der Waals surface area contributed by atoms with Gasteiger partial charge in [-0.05, 0) is 31.5 Å². The highest BCUT2D eigenvalue weighted by molar-refractivity contribution is 8.00. The lowest BCUT2D eigenvalue weighted by atomic mass is 10.0. The van der Waals surface area contributed by atoms with Gasteiger partial charge in [-0.15, -0.1) is 11.8 Å². The Balaban J connectivity index is 1.49. The summed E-state index contributed by atoms with van der Waals surface area (Å²) in [4.78, 5) is 75.6. The van der Waals surface area contributed by atoms with Gasteiger partial charge in [0.05, 0.1) is 15.6 Å². The van der Waals surface area contributed by atoms with Crippen LogP contribution in [-0.2, 0) is 24.0 Å². The molecule has 1 saturated heterocycles. The van der Waals surface area contributed by atoms with Crippen LogP contribution in [-0.4, -0.2) is 120 Å². The molecule has 3 atom stereocenters. The number of hydrogen-bond donors (Lipinski definition) is 7. The molecule has 0 radical (unpaired) electrons. The maximum absolute atomic E-state index is 13.5. The van der Waals surface area contributed by atoms with Gasteiger partial charge in [0.2, 0.25) is 6.10 Å². The molecule has 2 unspecified atom stereocenters. The summed E-state index contributed by atoms with van der Waals surface area (Å²) in [6.45, 7) is 4.32. The van der Waals surface area contributed by atoms with E-state index in [-0.39, 0.29) is 61.9 Å². The van der Waals surface area contributed by atoms with Crippen molar-refractivity contribution in [2.75, 3.05) is 37.7 Å². The molecule has 1 aromatic heterocycles. The van der Waals surface area contributed by atoms with Crippen molar-refractivity contribution in [1.29, 1.82) is 0 Å². The van der Waals surface area contributed by atoms with E-state index in [1.54, 1.807) is 0 Å². The molecule has 4 rings (SSSR count). The number of fused-ring (bicyclic) bond motifs is 1. The summed E-state index contributed by atoms with van der Waals surface area (Å²) in [6.07, 6.45) is 2.23. The summed E-state index contributed by atoms with van der Waals surface area (Å²) in [5.41, 5.74) is 5.06. The molecular formula is C31H36Cl3N7O10S2. The number of carboxylic acids is 2. The van der Waals surface area contributed by atoms with Gasteiger partial charge in [-0.1, -0.05) is 77.5 Å². The Morgan fingerprint density at radius 3 is 2.49 bits per heavy atom. The van der Waals surface area contributed by atoms with Gasteiger partial charge in [0.25, 0.3) is 17.7 Å². The number of nitrogens with zero attached hydrogens (tertiary/aromatic N) is 4. The summed E-state index contributed by atoms with van der Waals surface area (Å²) in [6, 6.07) is -0.0538. The van der Waals surface area contributed by atoms with E-state index in [0.717, 1.165) is 48.0 Å². The zero-order valence-electron chi connectivity index (χ0n) is 28.2. The van der Waals surface area contributed by atoms with Crippen LogP contribution in [0, 0.1) is 0 Å². The van der Waals surface area contributed by atoms with Crippen molar-refractivity contribution in [3.63, 3.8) is 0 Å². The number of oxime groups is 1. The topological polar surface area (TPSA) is 257 Å². The molecule has 17 nitrogen and oxygen atoms in total. The number of aromatic hydroxyl groups is 2. The lowest BCUT2D eigenvalue weighted by Crippen LogP contribution is -2.71. The summed E-state index contributed by atoms with van der Waals surface area (Å²) in [5.74, 6) is -6.24. The third-order valence-electron chi connectivity index (χ3n) is 8.09. The number of halogens is 3. The minimum atomic E-state index is -1.45. The molecule has 53 heavy (non-hydrogen) atoms. The van der Waals surface area contributed by atoms with E-state index in [2.05, 4.69) is 27.7 Å². The number of anilines is 1. The molecule has 22 heteroatoms. The SMILES string of the molecule is CCCCCCN(CCNC(=O)c1cc(Cl)c(O)c(O)c1Cl)CC1=C(C(=O)O)N2C(=O)C(NC(=O)/C(=N\O[C@@H](C)C(=O)O)c3nc(N)sc3Cl)C2SC1. The first kappa shape index (κ1) is 41.7. The monoisotopic (exact) mass is 835 g/mol. The van der Waals surface area contributed by atoms with Crippen LogP contribution in [0.4, 0.5) is 5.13 Å². The molecule has 0 aliphatic carbocycles. The summed E-state index contributed by atoms with van der Waals surface area (Å²) >= 11 is 20.2. The van der Waals surface area contributed by atoms with Crippen LogP contribution in [0.5, 0.6) is 11.5 Å². The largest absolute Gasteiger partial charge is 0.503 e. The fraction of sp³-hybridized carbons (Fsp3) is 0.452. The quantitative estimate of drug-likeness (QED) is 0.0374. The minimum absolute atomic E-state index is 0.0111. The Kier molecular flexibility index (Phi) is 14.5. The van der Waals surface area contributed by atoms with Crippen molar-refractivity contribution in [3.8, 4) is 11.5 Å². The van der Waals surface area contributed by atoms with Gasteiger partial charge in [0.15, 0.2) is 22.3 Å². The van der Waals surface area contributed by atoms with Gasteiger partial charge < -0.3 is 41.6 Å². The molecule has 0 saturated carbocycles. The van der Waals surface area contributed by atoms with Gasteiger partial charge >= 0.3 is 11.9 Å². The number of hydrogen-bond acceptors (Lipinski definition) is 14. The van der Waals surface area contributed by atoms with Crippen LogP contribution in [0.2, 0.25) is 14.4 Å². The van der Waals surface area contributed by atoms with E-state index in [9.17, 15) is 39.3 Å². The number of β-lactam (4-membered cyclic amide) rings is 1. The number of carbonyl (C=O) groups is 5. The van der Waals surface area contributed by atoms with Crippen LogP contribution >= 0.6 is 57.9 Å². The molecule has 2 aliphatic heterocycles. The average Bonchev–Trinajstić information content (AvgIpc) is 3.45. The number of thiazole rings is 1. The van der Waals surface area contributed by atoms with Crippen LogP contribution in [0.1, 0.15) is 55.6 Å². The van der Waals surface area contributed by atoms with E-state index >= 15 is 0 Å². The summed E-state index contributed by atoms with van der Waals surface area (Å²) in [7, 11) is 0. The second kappa shape index (κ2) is 18.4. The number of amides is 3. The molecule has 1 fully saturated rings. The average molecular weight is 837 g/mol. The molecule has 0 bridgehead atoms. The van der Waals surface area contributed by atoms with Crippen LogP contribution in [0.25, 0.3) is 0 Å². The standard InChI is InChI=1S/C31H36Cl3N7O10S2/c1-3-4-5-6-8-40(9-7-36-25(44)15-10-16(32)22(42)23(43)17(15)33)11-14-12-52-28-20(27(46)41(28)21(14)30(49)50)37-26(45)19(39-51-13(2)29(47)48)18-24(34)53-31(35)38-18/h10,13,20,28,42-43H,3-9,11-12H2,1-2H3,(H2,35,38)(H,36,44)(H,37,45)(H,47,48)(H,49,50)/b39-19-/t13-,20?,28?/m0/s1. The first-order chi connectivity index (χ1) is 25.1. The Hall–Kier alpha value is -4.01. The minimum Gasteiger partial charge on any atom is -0.503 e. The molecule has 3 heterocycles. The maximum atomic E-state index is 13.5. The van der Waals surface area contributed by atoms with Crippen LogP contribution in [0.3, 0.4) is 0 Å². The Labute approximate surface area is 326 Å². The third kappa shape index (κ3) is 9.76. The van der Waals surface area contributed by atoms with Crippen molar-refractivity contribution in [2.45, 2.75) is 57.1 Å². The molecule has 288 valence electrons. The number of thioether (sulfide) groups is 1. The number of carbonyl (C=O) groups excluding carboxylic acids is 3. The molecule has 0 spiro atoms. The lowest BCUT2D eigenvalue weighted by molar-refractivity contribution is -0.150. The lowest BCUT2D eigenvalue weighted by Gasteiger charge is -2.49. The van der Waals surface area contributed by atoms with Gasteiger partial charge in [-0.2, -0.15) is 0 Å². The highest BCUT2D eigenvalue weighted by Crippen LogP contribution is 2.42. The van der Waals surface area contributed by atoms with E-state index in [1.165, 1.54) is 18.7 Å². The molecule has 1 aromatic carbocycles. The van der Waals surface area contributed by atoms with Crippen molar-refractivity contribution in [2.24, 2.45) is 5.16 Å². The number of aromatic nitrogens is 1. The number of nitrogens with one attached hydrogen (secondary N) is 2. The predicted molar refractivity (Wildman–Crippen MR) is 199 cm³/mol. The summed E-state index contributed by atoms with van der Waals surface area (Å²) < 4.78 is -0.0380. The number of unbranched alkanes of at least 4 members (excludes halogenated alkanes) is 3. The number of carboxylic acid groups (broad SMARTS) is 2. The number of aliphatic carboxylic acids is 2. The van der Waals surface area contributed by atoms with Gasteiger partial charge in [0.1, 0.15) is 27.1 Å².